The largest absolute Gasteiger partial charge is 0.266 e. The molecule has 1 aromatic carbocycles. The van der Waals surface area contributed by atoms with Gasteiger partial charge < -0.3 is 0 Å². The van der Waals surface area contributed by atoms with E-state index in [9.17, 15) is 4.79 Å². The Balaban J connectivity index is 2.32. The van der Waals surface area contributed by atoms with Gasteiger partial charge in [-0.15, -0.1) is 0 Å². The third kappa shape index (κ3) is 1.85. The number of para-hydroxylation sites is 1. The highest BCUT2D eigenvalue weighted by Gasteiger charge is 2.37. The van der Waals surface area contributed by atoms with Crippen LogP contribution in [0.15, 0.2) is 27.8 Å². The van der Waals surface area contributed by atoms with Crippen LogP contribution in [-0.4, -0.2) is 15.9 Å². The number of rotatable bonds is 2. The quantitative estimate of drug-likeness (QED) is 0.628. The number of hydrogen-bond donors (Lipinski definition) is 0. The molecule has 5 heteroatoms. The van der Waals surface area contributed by atoms with E-state index < -0.39 is 5.54 Å². The Morgan fingerprint density at radius 1 is 1.42 bits per heavy atom. The van der Waals surface area contributed by atoms with Crippen molar-refractivity contribution in [3.63, 3.8) is 0 Å². The molecule has 1 saturated carbocycles. The van der Waals surface area contributed by atoms with Gasteiger partial charge >= 0.3 is 0 Å². The fourth-order valence-electron chi connectivity index (χ4n) is 3.16. The highest BCUT2D eigenvalue weighted by Crippen LogP contribution is 2.45. The fraction of sp³-hybridized carbons (Fsp3) is 0.429. The summed E-state index contributed by atoms with van der Waals surface area (Å²) >= 11 is 3.48. The lowest BCUT2D eigenvalue weighted by Gasteiger charge is -2.23. The molecule has 0 N–H and O–H groups in total. The first-order valence-electron chi connectivity index (χ1n) is 6.39. The Labute approximate surface area is 119 Å². The monoisotopic (exact) mass is 319 g/mol. The van der Waals surface area contributed by atoms with Crippen LogP contribution in [0.5, 0.6) is 0 Å². The van der Waals surface area contributed by atoms with Crippen molar-refractivity contribution in [3.8, 4) is 0 Å². The summed E-state index contributed by atoms with van der Waals surface area (Å²) in [6.45, 7) is 0. The molecule has 0 saturated heterocycles. The van der Waals surface area contributed by atoms with Gasteiger partial charge in [-0.3, -0.25) is 4.68 Å². The van der Waals surface area contributed by atoms with Crippen molar-refractivity contribution in [2.75, 3.05) is 0 Å². The molecular weight excluding hydrogens is 306 g/mol. The number of aromatic nitrogens is 2. The summed E-state index contributed by atoms with van der Waals surface area (Å²) in [5.74, 6) is 0. The Morgan fingerprint density at radius 2 is 2.16 bits per heavy atom. The van der Waals surface area contributed by atoms with Crippen LogP contribution < -0.4 is 0 Å². The SMILES string of the molecule is Cn1nc(Br)c2cccc(C3(N=C=O)CCCC3)c21. The number of fused-ring (bicyclic) bond motifs is 1. The number of carbonyl (C=O) groups excluding carboxylic acids is 1. The van der Waals surface area contributed by atoms with Crippen molar-refractivity contribution in [3.05, 3.63) is 28.4 Å². The molecule has 4 nitrogen and oxygen atoms in total. The van der Waals surface area contributed by atoms with Crippen molar-refractivity contribution < 1.29 is 4.79 Å². The van der Waals surface area contributed by atoms with E-state index in [1.807, 2.05) is 23.9 Å². The molecule has 19 heavy (non-hydrogen) atoms. The van der Waals surface area contributed by atoms with Crippen molar-refractivity contribution in [1.82, 2.24) is 9.78 Å². The topological polar surface area (TPSA) is 47.2 Å². The summed E-state index contributed by atoms with van der Waals surface area (Å²) in [6.07, 6.45) is 5.78. The van der Waals surface area contributed by atoms with Gasteiger partial charge in [-0.1, -0.05) is 31.0 Å². The summed E-state index contributed by atoms with van der Waals surface area (Å²) in [5, 5.41) is 5.47. The molecule has 0 radical (unpaired) electrons. The van der Waals surface area contributed by atoms with Gasteiger partial charge in [0, 0.05) is 18.0 Å². The standard InChI is InChI=1S/C14H14BrN3O/c1-18-12-10(13(15)17-18)5-4-6-11(12)14(16-9-19)7-2-3-8-14/h4-6H,2-3,7-8H2,1H3. The average Bonchev–Trinajstić information content (AvgIpc) is 2.97. The van der Waals surface area contributed by atoms with Crippen molar-refractivity contribution in [1.29, 1.82) is 0 Å². The lowest BCUT2D eigenvalue weighted by molar-refractivity contribution is 0.457. The van der Waals surface area contributed by atoms with E-state index >= 15 is 0 Å². The van der Waals surface area contributed by atoms with Crippen LogP contribution in [0.3, 0.4) is 0 Å². The van der Waals surface area contributed by atoms with Crippen LogP contribution in [0.1, 0.15) is 31.2 Å². The molecule has 0 atom stereocenters. The second kappa shape index (κ2) is 4.58. The Morgan fingerprint density at radius 3 is 2.84 bits per heavy atom. The second-order valence-electron chi connectivity index (χ2n) is 5.06. The fourth-order valence-corrected chi connectivity index (χ4v) is 3.72. The van der Waals surface area contributed by atoms with Gasteiger partial charge in [-0.05, 0) is 28.8 Å². The van der Waals surface area contributed by atoms with Gasteiger partial charge in [-0.2, -0.15) is 10.1 Å². The van der Waals surface area contributed by atoms with Crippen LogP contribution in [0.25, 0.3) is 10.9 Å². The Bertz CT molecular complexity index is 679. The molecular formula is C14H14BrN3O. The molecule has 1 aromatic heterocycles. The van der Waals surface area contributed by atoms with Gasteiger partial charge in [0.2, 0.25) is 6.08 Å². The highest BCUT2D eigenvalue weighted by atomic mass is 79.9. The van der Waals surface area contributed by atoms with Crippen molar-refractivity contribution >= 4 is 32.9 Å². The van der Waals surface area contributed by atoms with E-state index in [-0.39, 0.29) is 0 Å². The number of aryl methyl sites for hydroxylation is 1. The van der Waals surface area contributed by atoms with E-state index in [0.717, 1.165) is 46.8 Å². The molecule has 0 bridgehead atoms. The molecule has 1 aliphatic carbocycles. The van der Waals surface area contributed by atoms with E-state index in [0.29, 0.717) is 0 Å². The summed E-state index contributed by atoms with van der Waals surface area (Å²) < 4.78 is 2.69. The minimum atomic E-state index is -0.408. The van der Waals surface area contributed by atoms with Gasteiger partial charge in [0.1, 0.15) is 10.1 Å². The summed E-state index contributed by atoms with van der Waals surface area (Å²) in [4.78, 5) is 15.0. The molecule has 1 heterocycles. The smallest absolute Gasteiger partial charge is 0.235 e. The normalized spacial score (nSPS) is 17.6. The maximum atomic E-state index is 10.8. The van der Waals surface area contributed by atoms with Gasteiger partial charge in [-0.25, -0.2) is 4.79 Å². The highest BCUT2D eigenvalue weighted by molar-refractivity contribution is 9.10. The minimum absolute atomic E-state index is 0.408. The van der Waals surface area contributed by atoms with Crippen molar-refractivity contribution in [2.45, 2.75) is 31.2 Å². The number of halogens is 1. The second-order valence-corrected chi connectivity index (χ2v) is 5.81. The van der Waals surface area contributed by atoms with Crippen molar-refractivity contribution in [2.24, 2.45) is 12.0 Å². The summed E-state index contributed by atoms with van der Waals surface area (Å²) in [6, 6.07) is 6.09. The first-order valence-corrected chi connectivity index (χ1v) is 7.18. The number of hydrogen-bond acceptors (Lipinski definition) is 3. The third-order valence-electron chi connectivity index (χ3n) is 4.01. The van der Waals surface area contributed by atoms with E-state index in [2.05, 4.69) is 32.1 Å². The van der Waals surface area contributed by atoms with E-state index in [1.165, 1.54) is 0 Å². The zero-order valence-corrected chi connectivity index (χ0v) is 12.3. The molecule has 1 aliphatic rings. The summed E-state index contributed by atoms with van der Waals surface area (Å²) in [7, 11) is 1.92. The van der Waals surface area contributed by atoms with Crippen LogP contribution in [0.2, 0.25) is 0 Å². The predicted octanol–water partition coefficient (Wildman–Crippen LogP) is 3.44. The van der Waals surface area contributed by atoms with Gasteiger partial charge in [0.15, 0.2) is 0 Å². The molecule has 3 rings (SSSR count). The van der Waals surface area contributed by atoms with Gasteiger partial charge in [0.05, 0.1) is 5.52 Å². The molecule has 98 valence electrons. The van der Waals surface area contributed by atoms with Crippen LogP contribution >= 0.6 is 15.9 Å². The Kier molecular flexibility index (Phi) is 3.03. The number of aliphatic imine (C=N–C) groups is 1. The zero-order valence-electron chi connectivity index (χ0n) is 10.7. The molecule has 1 fully saturated rings. The first kappa shape index (κ1) is 12.6. The lowest BCUT2D eigenvalue weighted by atomic mass is 9.87. The van der Waals surface area contributed by atoms with E-state index in [4.69, 9.17) is 0 Å². The van der Waals surface area contributed by atoms with E-state index in [1.54, 1.807) is 6.08 Å². The Hall–Kier alpha value is -1.45. The lowest BCUT2D eigenvalue weighted by Crippen LogP contribution is -2.20. The van der Waals surface area contributed by atoms with Crippen LogP contribution in [0.4, 0.5) is 0 Å². The zero-order chi connectivity index (χ0) is 13.5. The molecule has 0 unspecified atom stereocenters. The average molecular weight is 320 g/mol. The minimum Gasteiger partial charge on any atom is -0.266 e. The molecule has 0 amide bonds. The first-order chi connectivity index (χ1) is 9.18. The van der Waals surface area contributed by atoms with Crippen LogP contribution in [-0.2, 0) is 17.4 Å². The van der Waals surface area contributed by atoms with Gasteiger partial charge in [0.25, 0.3) is 0 Å². The predicted molar refractivity (Wildman–Crippen MR) is 76.7 cm³/mol. The maximum absolute atomic E-state index is 10.8. The molecule has 0 aliphatic heterocycles. The number of benzene rings is 1. The number of isocyanates is 1. The third-order valence-corrected chi connectivity index (χ3v) is 4.60. The van der Waals surface area contributed by atoms with Crippen LogP contribution in [0, 0.1) is 0 Å². The number of nitrogens with zero attached hydrogens (tertiary/aromatic N) is 3. The molecule has 0 spiro atoms. The summed E-state index contributed by atoms with van der Waals surface area (Å²) in [5.41, 5.74) is 1.73. The molecule has 2 aromatic rings. The maximum Gasteiger partial charge on any atom is 0.235 e.